The Hall–Kier alpha value is -2.51. The molecule has 1 aromatic carbocycles. The lowest BCUT2D eigenvalue weighted by molar-refractivity contribution is 0.466. The highest BCUT2D eigenvalue weighted by Gasteiger charge is 2.23. The lowest BCUT2D eigenvalue weighted by Gasteiger charge is -2.16. The predicted molar refractivity (Wildman–Crippen MR) is 120 cm³/mol. The Morgan fingerprint density at radius 3 is 2.55 bits per heavy atom. The number of benzene rings is 1. The van der Waals surface area contributed by atoms with E-state index >= 15 is 0 Å². The van der Waals surface area contributed by atoms with Gasteiger partial charge in [-0.1, -0.05) is 25.0 Å². The first-order valence-corrected chi connectivity index (χ1v) is 12.7. The molecule has 0 atom stereocenters. The highest BCUT2D eigenvalue weighted by atomic mass is 32.2. The number of hydrogen-bond acceptors (Lipinski definition) is 4. The van der Waals surface area contributed by atoms with E-state index in [2.05, 4.69) is 14.4 Å². The van der Waals surface area contributed by atoms with Gasteiger partial charge in [0.05, 0.1) is 34.6 Å². The third-order valence-corrected chi connectivity index (χ3v) is 7.86. The molecule has 3 aromatic rings. The fraction of sp³-hybridized carbons (Fsp3) is 0.417. The van der Waals surface area contributed by atoms with Crippen molar-refractivity contribution in [1.29, 1.82) is 0 Å². The van der Waals surface area contributed by atoms with Gasteiger partial charge in [-0.15, -0.1) is 0 Å². The van der Waals surface area contributed by atoms with Gasteiger partial charge < -0.3 is 0 Å². The number of fused-ring (bicyclic) bond motifs is 1. The molecule has 2 aromatic heterocycles. The van der Waals surface area contributed by atoms with Gasteiger partial charge in [0.15, 0.2) is 0 Å². The first-order valence-electron chi connectivity index (χ1n) is 11.2. The number of nitrogens with one attached hydrogen (secondary N) is 1. The summed E-state index contributed by atoms with van der Waals surface area (Å²) >= 11 is 0. The molecule has 1 N–H and O–H groups in total. The maximum atomic E-state index is 13.0. The smallest absolute Gasteiger partial charge is 0.240 e. The third-order valence-electron chi connectivity index (χ3n) is 6.46. The Balaban J connectivity index is 1.38. The van der Waals surface area contributed by atoms with E-state index in [9.17, 15) is 8.42 Å². The van der Waals surface area contributed by atoms with Crippen LogP contribution in [0.1, 0.15) is 61.4 Å². The summed E-state index contributed by atoms with van der Waals surface area (Å²) in [5.74, 6) is 0. The van der Waals surface area contributed by atoms with Crippen LogP contribution >= 0.6 is 0 Å². The number of nitrogens with zero attached hydrogens (tertiary/aromatic N) is 3. The first-order chi connectivity index (χ1) is 15.1. The van der Waals surface area contributed by atoms with Crippen molar-refractivity contribution < 1.29 is 8.42 Å². The van der Waals surface area contributed by atoms with Gasteiger partial charge in [0.2, 0.25) is 10.0 Å². The molecule has 0 spiro atoms. The maximum absolute atomic E-state index is 13.0. The second-order valence-corrected chi connectivity index (χ2v) is 10.3. The van der Waals surface area contributed by atoms with Gasteiger partial charge in [-0.25, -0.2) is 13.1 Å². The molecule has 0 bridgehead atoms. The second-order valence-electron chi connectivity index (χ2n) is 8.58. The Bertz CT molecular complexity index is 1170. The van der Waals surface area contributed by atoms with Crippen LogP contribution in [0.5, 0.6) is 0 Å². The van der Waals surface area contributed by atoms with Crippen LogP contribution in [0.25, 0.3) is 11.4 Å². The van der Waals surface area contributed by atoms with E-state index in [1.54, 1.807) is 12.3 Å². The van der Waals surface area contributed by atoms with Crippen LogP contribution in [0.4, 0.5) is 0 Å². The molecule has 5 rings (SSSR count). The van der Waals surface area contributed by atoms with Crippen LogP contribution in [-0.4, -0.2) is 23.2 Å². The number of rotatable bonds is 6. The summed E-state index contributed by atoms with van der Waals surface area (Å²) in [4.78, 5) is 4.83. The van der Waals surface area contributed by atoms with Gasteiger partial charge in [0, 0.05) is 6.20 Å². The molecule has 0 unspecified atom stereocenters. The van der Waals surface area contributed by atoms with Crippen molar-refractivity contribution in [3.05, 3.63) is 65.5 Å². The standard InChI is InChI=1S/C24H28N4O2S/c29-31(30,22-13-12-18-7-1-2-8-19(18)15-22)26-17-20-16-24(23-11-5-6-14-25-23)28(27-20)21-9-3-4-10-21/h5-6,11-16,21,26H,1-4,7-10,17H2. The zero-order valence-corrected chi connectivity index (χ0v) is 18.4. The molecule has 1 saturated carbocycles. The number of sulfonamides is 1. The van der Waals surface area contributed by atoms with E-state index in [-0.39, 0.29) is 6.54 Å². The van der Waals surface area contributed by atoms with Crippen molar-refractivity contribution in [2.45, 2.75) is 68.8 Å². The lowest BCUT2D eigenvalue weighted by atomic mass is 9.92. The van der Waals surface area contributed by atoms with E-state index in [0.29, 0.717) is 16.6 Å². The van der Waals surface area contributed by atoms with Crippen LogP contribution in [0.2, 0.25) is 0 Å². The van der Waals surface area contributed by atoms with Crippen molar-refractivity contribution in [3.63, 3.8) is 0 Å². The number of aromatic nitrogens is 3. The molecule has 2 aliphatic rings. The number of aryl methyl sites for hydroxylation is 2. The fourth-order valence-corrected chi connectivity index (χ4v) is 5.84. The number of hydrogen-bond donors (Lipinski definition) is 1. The van der Waals surface area contributed by atoms with E-state index in [1.807, 2.05) is 36.4 Å². The summed E-state index contributed by atoms with van der Waals surface area (Å²) in [7, 11) is -3.59. The summed E-state index contributed by atoms with van der Waals surface area (Å²) in [6.45, 7) is 0.166. The fourth-order valence-electron chi connectivity index (χ4n) is 4.79. The summed E-state index contributed by atoms with van der Waals surface area (Å²) in [6.07, 6.45) is 10.7. The van der Waals surface area contributed by atoms with Crippen molar-refractivity contribution in [2.75, 3.05) is 0 Å². The van der Waals surface area contributed by atoms with Crippen LogP contribution in [0.15, 0.2) is 53.6 Å². The van der Waals surface area contributed by atoms with Crippen molar-refractivity contribution in [2.24, 2.45) is 0 Å². The number of pyridine rings is 1. The van der Waals surface area contributed by atoms with Gasteiger partial charge in [0.1, 0.15) is 0 Å². The van der Waals surface area contributed by atoms with Gasteiger partial charge in [-0.2, -0.15) is 5.10 Å². The zero-order valence-electron chi connectivity index (χ0n) is 17.6. The summed E-state index contributed by atoms with van der Waals surface area (Å²) in [5.41, 5.74) is 4.98. The molecule has 1 fully saturated rings. The minimum absolute atomic E-state index is 0.166. The van der Waals surface area contributed by atoms with Gasteiger partial charge >= 0.3 is 0 Å². The van der Waals surface area contributed by atoms with Crippen molar-refractivity contribution in [3.8, 4) is 11.4 Å². The van der Waals surface area contributed by atoms with E-state index in [0.717, 1.165) is 49.1 Å². The van der Waals surface area contributed by atoms with Crippen LogP contribution in [0.3, 0.4) is 0 Å². The molecular formula is C24H28N4O2S. The molecule has 31 heavy (non-hydrogen) atoms. The molecule has 2 aliphatic carbocycles. The Morgan fingerprint density at radius 2 is 1.77 bits per heavy atom. The van der Waals surface area contributed by atoms with Crippen molar-refractivity contribution >= 4 is 10.0 Å². The molecule has 162 valence electrons. The Morgan fingerprint density at radius 1 is 0.968 bits per heavy atom. The lowest BCUT2D eigenvalue weighted by Crippen LogP contribution is -2.24. The van der Waals surface area contributed by atoms with Crippen LogP contribution < -0.4 is 4.72 Å². The summed E-state index contributed by atoms with van der Waals surface area (Å²) < 4.78 is 30.7. The molecule has 0 amide bonds. The molecule has 0 radical (unpaired) electrons. The normalized spacial score (nSPS) is 17.0. The van der Waals surface area contributed by atoms with E-state index in [1.165, 1.54) is 24.8 Å². The average Bonchev–Trinajstić information content (AvgIpc) is 3.48. The van der Waals surface area contributed by atoms with E-state index < -0.39 is 10.0 Å². The highest BCUT2D eigenvalue weighted by molar-refractivity contribution is 7.89. The van der Waals surface area contributed by atoms with Gasteiger partial charge in [-0.3, -0.25) is 9.67 Å². The predicted octanol–water partition coefficient (Wildman–Crippen LogP) is 4.42. The minimum Gasteiger partial charge on any atom is -0.260 e. The molecule has 0 saturated heterocycles. The van der Waals surface area contributed by atoms with Crippen LogP contribution in [-0.2, 0) is 29.4 Å². The Kier molecular flexibility index (Phi) is 5.63. The largest absolute Gasteiger partial charge is 0.260 e. The average molecular weight is 437 g/mol. The first kappa shape index (κ1) is 20.4. The third kappa shape index (κ3) is 4.29. The quantitative estimate of drug-likeness (QED) is 0.621. The zero-order chi connectivity index (χ0) is 21.3. The summed E-state index contributed by atoms with van der Waals surface area (Å²) in [6, 6.07) is 13.7. The SMILES string of the molecule is O=S(=O)(NCc1cc(-c2ccccn2)n(C2CCCC2)n1)c1ccc2c(c1)CCCC2. The molecule has 2 heterocycles. The summed E-state index contributed by atoms with van der Waals surface area (Å²) in [5, 5.41) is 4.79. The van der Waals surface area contributed by atoms with Gasteiger partial charge in [-0.05, 0) is 80.0 Å². The van der Waals surface area contributed by atoms with Crippen LogP contribution in [0, 0.1) is 0 Å². The second kappa shape index (κ2) is 8.55. The van der Waals surface area contributed by atoms with Gasteiger partial charge in [0.25, 0.3) is 0 Å². The Labute approximate surface area is 183 Å². The molecular weight excluding hydrogens is 408 g/mol. The minimum atomic E-state index is -3.59. The van der Waals surface area contributed by atoms with Crippen molar-refractivity contribution in [1.82, 2.24) is 19.5 Å². The molecule has 6 nitrogen and oxygen atoms in total. The monoisotopic (exact) mass is 436 g/mol. The maximum Gasteiger partial charge on any atom is 0.240 e. The molecule has 7 heteroatoms. The topological polar surface area (TPSA) is 76.9 Å². The van der Waals surface area contributed by atoms with E-state index in [4.69, 9.17) is 5.10 Å². The molecule has 0 aliphatic heterocycles. The highest BCUT2D eigenvalue weighted by Crippen LogP contribution is 2.33.